The van der Waals surface area contributed by atoms with E-state index in [1.165, 1.54) is 0 Å². The Bertz CT molecular complexity index is 646. The van der Waals surface area contributed by atoms with Crippen molar-refractivity contribution < 1.29 is 5.73 Å². The third-order valence-corrected chi connectivity index (χ3v) is 3.66. The molecule has 0 radical (unpaired) electrons. The Morgan fingerprint density at radius 3 is 2.76 bits per heavy atom. The highest BCUT2D eigenvalue weighted by Gasteiger charge is 2.07. The van der Waals surface area contributed by atoms with Crippen LogP contribution < -0.4 is 5.73 Å². The van der Waals surface area contributed by atoms with Crippen molar-refractivity contribution in [3.05, 3.63) is 48.3 Å². The summed E-state index contributed by atoms with van der Waals surface area (Å²) in [6.45, 7) is 0.703. The summed E-state index contributed by atoms with van der Waals surface area (Å²) in [5.41, 5.74) is 7.00. The SMILES string of the molecule is [NH3+]Cc1cc2nc(-c3ccccc3)sc2cn1. The van der Waals surface area contributed by atoms with E-state index in [2.05, 4.69) is 27.8 Å². The van der Waals surface area contributed by atoms with Crippen LogP contribution in [0.5, 0.6) is 0 Å². The van der Waals surface area contributed by atoms with Gasteiger partial charge in [-0.05, 0) is 6.07 Å². The fraction of sp³-hybridized carbons (Fsp3) is 0.0769. The van der Waals surface area contributed by atoms with Crippen LogP contribution in [0.3, 0.4) is 0 Å². The predicted octanol–water partition coefficient (Wildman–Crippen LogP) is 2.10. The number of pyridine rings is 1. The quantitative estimate of drug-likeness (QED) is 0.748. The molecule has 2 heterocycles. The lowest BCUT2D eigenvalue weighted by Crippen LogP contribution is -2.47. The molecule has 3 N–H and O–H groups in total. The molecule has 0 atom stereocenters. The molecule has 0 saturated heterocycles. The number of benzene rings is 1. The Morgan fingerprint density at radius 2 is 2.00 bits per heavy atom. The van der Waals surface area contributed by atoms with Gasteiger partial charge in [0.2, 0.25) is 0 Å². The van der Waals surface area contributed by atoms with Crippen LogP contribution in [0.1, 0.15) is 5.69 Å². The standard InChI is InChI=1S/C13H11N3S/c14-7-10-6-11-12(8-15-10)17-13(16-11)9-4-2-1-3-5-9/h1-6,8H,7,14H2/p+1. The normalized spacial score (nSPS) is 10.9. The molecule has 1 aromatic carbocycles. The van der Waals surface area contributed by atoms with Crippen molar-refractivity contribution in [3.63, 3.8) is 0 Å². The van der Waals surface area contributed by atoms with E-state index in [9.17, 15) is 0 Å². The van der Waals surface area contributed by atoms with Crippen LogP contribution >= 0.6 is 11.3 Å². The second kappa shape index (κ2) is 4.24. The van der Waals surface area contributed by atoms with Gasteiger partial charge in [0.25, 0.3) is 0 Å². The van der Waals surface area contributed by atoms with Crippen LogP contribution in [0.2, 0.25) is 0 Å². The molecule has 3 rings (SSSR count). The minimum atomic E-state index is 0.703. The van der Waals surface area contributed by atoms with Crippen molar-refractivity contribution in [1.82, 2.24) is 9.97 Å². The van der Waals surface area contributed by atoms with Gasteiger partial charge in [-0.3, -0.25) is 4.98 Å². The van der Waals surface area contributed by atoms with Crippen molar-refractivity contribution in [2.75, 3.05) is 0 Å². The number of aromatic nitrogens is 2. The highest BCUT2D eigenvalue weighted by Crippen LogP contribution is 2.29. The van der Waals surface area contributed by atoms with E-state index in [0.29, 0.717) is 6.54 Å². The lowest BCUT2D eigenvalue weighted by atomic mass is 10.2. The first kappa shape index (κ1) is 10.4. The van der Waals surface area contributed by atoms with Crippen LogP contribution in [0.4, 0.5) is 0 Å². The lowest BCUT2D eigenvalue weighted by molar-refractivity contribution is -0.387. The van der Waals surface area contributed by atoms with Crippen molar-refractivity contribution in [2.45, 2.75) is 6.54 Å². The van der Waals surface area contributed by atoms with Crippen LogP contribution in [0, 0.1) is 0 Å². The Morgan fingerprint density at radius 1 is 1.18 bits per heavy atom. The predicted molar refractivity (Wildman–Crippen MR) is 69.4 cm³/mol. The molecule has 0 fully saturated rings. The average molecular weight is 242 g/mol. The molecule has 2 aromatic heterocycles. The molecule has 0 aliphatic heterocycles. The van der Waals surface area contributed by atoms with E-state index in [1.54, 1.807) is 11.3 Å². The van der Waals surface area contributed by atoms with Crippen LogP contribution in [0.25, 0.3) is 20.8 Å². The molecule has 84 valence electrons. The van der Waals surface area contributed by atoms with Gasteiger partial charge < -0.3 is 5.73 Å². The molecular weight excluding hydrogens is 230 g/mol. The maximum Gasteiger partial charge on any atom is 0.124 e. The Kier molecular flexibility index (Phi) is 2.59. The van der Waals surface area contributed by atoms with Gasteiger partial charge >= 0.3 is 0 Å². The van der Waals surface area contributed by atoms with Crippen molar-refractivity contribution in [2.24, 2.45) is 0 Å². The highest BCUT2D eigenvalue weighted by atomic mass is 32.1. The van der Waals surface area contributed by atoms with Gasteiger partial charge in [-0.25, -0.2) is 4.98 Å². The zero-order valence-electron chi connectivity index (χ0n) is 9.26. The Labute approximate surface area is 103 Å². The van der Waals surface area contributed by atoms with Crippen molar-refractivity contribution in [3.8, 4) is 10.6 Å². The summed E-state index contributed by atoms with van der Waals surface area (Å²) in [5, 5.41) is 1.05. The number of hydrogen-bond acceptors (Lipinski definition) is 3. The summed E-state index contributed by atoms with van der Waals surface area (Å²) in [6.07, 6.45) is 1.89. The number of rotatable bonds is 2. The minimum Gasteiger partial charge on any atom is -0.353 e. The number of quaternary nitrogens is 1. The first-order valence-corrected chi connectivity index (χ1v) is 6.28. The van der Waals surface area contributed by atoms with Crippen LogP contribution in [0.15, 0.2) is 42.6 Å². The molecule has 0 amide bonds. The molecule has 4 heteroatoms. The second-order valence-electron chi connectivity index (χ2n) is 3.78. The van der Waals surface area contributed by atoms with Crippen LogP contribution in [-0.2, 0) is 6.54 Å². The molecule has 0 unspecified atom stereocenters. The maximum absolute atomic E-state index is 4.64. The zero-order chi connectivity index (χ0) is 11.7. The first-order valence-electron chi connectivity index (χ1n) is 5.47. The van der Waals surface area contributed by atoms with Crippen molar-refractivity contribution >= 4 is 21.6 Å². The highest BCUT2D eigenvalue weighted by molar-refractivity contribution is 7.21. The number of hydrogen-bond donors (Lipinski definition) is 1. The molecule has 0 aliphatic rings. The van der Waals surface area contributed by atoms with Gasteiger partial charge in [-0.2, -0.15) is 0 Å². The summed E-state index contributed by atoms with van der Waals surface area (Å²) in [6, 6.07) is 12.2. The summed E-state index contributed by atoms with van der Waals surface area (Å²) in [4.78, 5) is 8.98. The largest absolute Gasteiger partial charge is 0.353 e. The number of fused-ring (bicyclic) bond motifs is 1. The molecule has 0 bridgehead atoms. The summed E-state index contributed by atoms with van der Waals surface area (Å²) in [7, 11) is 0. The minimum absolute atomic E-state index is 0.703. The smallest absolute Gasteiger partial charge is 0.124 e. The van der Waals surface area contributed by atoms with Gasteiger partial charge in [0.15, 0.2) is 0 Å². The summed E-state index contributed by atoms with van der Waals surface area (Å²) in [5.74, 6) is 0. The van der Waals surface area contributed by atoms with E-state index in [0.717, 1.165) is 26.5 Å². The third kappa shape index (κ3) is 1.92. The molecule has 0 spiro atoms. The lowest BCUT2D eigenvalue weighted by Gasteiger charge is -1.92. The monoisotopic (exact) mass is 242 g/mol. The zero-order valence-corrected chi connectivity index (χ0v) is 10.1. The van der Waals surface area contributed by atoms with E-state index >= 15 is 0 Å². The molecule has 0 saturated carbocycles. The van der Waals surface area contributed by atoms with Gasteiger partial charge in [0, 0.05) is 11.8 Å². The first-order chi connectivity index (χ1) is 8.36. The fourth-order valence-corrected chi connectivity index (χ4v) is 2.64. The molecular formula is C13H12N3S+. The molecule has 17 heavy (non-hydrogen) atoms. The third-order valence-electron chi connectivity index (χ3n) is 2.61. The summed E-state index contributed by atoms with van der Waals surface area (Å²) >= 11 is 1.68. The molecule has 3 aromatic rings. The maximum atomic E-state index is 4.64. The Hall–Kier alpha value is -1.78. The number of nitrogens with zero attached hydrogens (tertiary/aromatic N) is 2. The number of thiazole rings is 1. The van der Waals surface area contributed by atoms with E-state index in [4.69, 9.17) is 0 Å². The van der Waals surface area contributed by atoms with Crippen LogP contribution in [-0.4, -0.2) is 9.97 Å². The topological polar surface area (TPSA) is 53.4 Å². The van der Waals surface area contributed by atoms with E-state index in [-0.39, 0.29) is 0 Å². The average Bonchev–Trinajstić information content (AvgIpc) is 2.82. The van der Waals surface area contributed by atoms with Gasteiger partial charge in [0.1, 0.15) is 11.6 Å². The van der Waals surface area contributed by atoms with Gasteiger partial charge in [-0.1, -0.05) is 30.3 Å². The Balaban J connectivity index is 2.14. The van der Waals surface area contributed by atoms with Gasteiger partial charge in [-0.15, -0.1) is 11.3 Å². The molecule has 0 aliphatic carbocycles. The summed E-state index contributed by atoms with van der Waals surface area (Å²) < 4.78 is 1.13. The van der Waals surface area contributed by atoms with Gasteiger partial charge in [0.05, 0.1) is 15.9 Å². The van der Waals surface area contributed by atoms with Crippen molar-refractivity contribution in [1.29, 1.82) is 0 Å². The fourth-order valence-electron chi connectivity index (χ4n) is 1.72. The van der Waals surface area contributed by atoms with E-state index < -0.39 is 0 Å². The molecule has 3 nitrogen and oxygen atoms in total. The second-order valence-corrected chi connectivity index (χ2v) is 4.81. The van der Waals surface area contributed by atoms with E-state index in [1.807, 2.05) is 30.5 Å².